The number of hydrogen-bond donors (Lipinski definition) is 1. The number of carbonyl (C=O) groups excluding carboxylic acids is 1. The Kier molecular flexibility index (Phi) is 9.64. The van der Waals surface area contributed by atoms with Crippen molar-refractivity contribution in [2.75, 3.05) is 19.8 Å². The monoisotopic (exact) mass is 505 g/mol. The first-order valence-electron chi connectivity index (χ1n) is 11.6. The fourth-order valence-electron chi connectivity index (χ4n) is 3.11. The molecule has 1 aliphatic rings. The van der Waals surface area contributed by atoms with Gasteiger partial charge in [-0.1, -0.05) is 60.7 Å². The molecule has 1 N–H and O–H groups in total. The van der Waals surface area contributed by atoms with E-state index in [9.17, 15) is 4.79 Å². The summed E-state index contributed by atoms with van der Waals surface area (Å²) in [6, 6.07) is 19.6. The van der Waals surface area contributed by atoms with Gasteiger partial charge < -0.3 is 33.1 Å². The molecule has 192 valence electrons. The lowest BCUT2D eigenvalue weighted by Gasteiger charge is -2.43. The maximum Gasteiger partial charge on any atom is 0.408 e. The number of carbonyl (C=O) groups is 1. The molecule has 1 saturated heterocycles. The fraction of sp³-hybridized carbons (Fsp3) is 0.500. The van der Waals surface area contributed by atoms with Gasteiger partial charge in [0.05, 0.1) is 33.0 Å². The second-order valence-corrected chi connectivity index (χ2v) is 11.1. The van der Waals surface area contributed by atoms with Crippen LogP contribution in [0.1, 0.15) is 45.7 Å². The van der Waals surface area contributed by atoms with Crippen LogP contribution in [-0.4, -0.2) is 42.8 Å². The Balaban J connectivity index is 1.68. The van der Waals surface area contributed by atoms with E-state index >= 15 is 0 Å². The Morgan fingerprint density at radius 1 is 0.886 bits per heavy atom. The summed E-state index contributed by atoms with van der Waals surface area (Å²) in [7, 11) is -1.74. The number of benzene rings is 2. The molecule has 0 spiro atoms. The molecule has 1 amide bonds. The molecule has 0 bridgehead atoms. The summed E-state index contributed by atoms with van der Waals surface area (Å²) in [5, 5.41) is 2.89. The smallest absolute Gasteiger partial charge is 0.408 e. The van der Waals surface area contributed by atoms with E-state index < -0.39 is 31.6 Å². The van der Waals surface area contributed by atoms with Crippen LogP contribution < -0.4 is 5.32 Å². The van der Waals surface area contributed by atoms with Crippen LogP contribution in [0, 0.1) is 0 Å². The maximum absolute atomic E-state index is 12.6. The second-order valence-electron chi connectivity index (χ2n) is 9.90. The Labute approximate surface area is 209 Å². The van der Waals surface area contributed by atoms with Crippen molar-refractivity contribution in [1.29, 1.82) is 0 Å². The van der Waals surface area contributed by atoms with Crippen molar-refractivity contribution in [3.8, 4) is 0 Å². The molecule has 0 aliphatic carbocycles. The molecule has 8 nitrogen and oxygen atoms in total. The maximum atomic E-state index is 12.6. The normalized spacial score (nSPS) is 17.2. The predicted octanol–water partition coefficient (Wildman–Crippen LogP) is 5.71. The molecular weight excluding hydrogens is 469 g/mol. The van der Waals surface area contributed by atoms with Gasteiger partial charge in [0.2, 0.25) is 0 Å². The van der Waals surface area contributed by atoms with Crippen LogP contribution in [0.3, 0.4) is 0 Å². The molecule has 1 aliphatic heterocycles. The zero-order valence-electron chi connectivity index (χ0n) is 21.1. The third kappa shape index (κ3) is 9.84. The highest BCUT2D eigenvalue weighted by atomic mass is 31.2. The highest BCUT2D eigenvalue weighted by Gasteiger charge is 2.43. The minimum absolute atomic E-state index is 0.0532. The van der Waals surface area contributed by atoms with E-state index in [0.717, 1.165) is 11.1 Å². The number of nitrogens with one attached hydrogen (secondary N) is 1. The van der Waals surface area contributed by atoms with Crippen LogP contribution in [0.5, 0.6) is 0 Å². The van der Waals surface area contributed by atoms with Gasteiger partial charge in [0.25, 0.3) is 0 Å². The molecule has 1 fully saturated rings. The minimum atomic E-state index is -1.74. The Hall–Kier alpha value is -2.06. The SMILES string of the molecule is CC(C)(C)OC(=O)NC1(COP(OCc2ccccc2)OCc2ccccc2)COC(C)(C)OC1. The third-order valence-corrected chi connectivity index (χ3v) is 5.98. The molecule has 35 heavy (non-hydrogen) atoms. The summed E-state index contributed by atoms with van der Waals surface area (Å²) in [4.78, 5) is 12.6. The minimum Gasteiger partial charge on any atom is -0.444 e. The second kappa shape index (κ2) is 12.3. The van der Waals surface area contributed by atoms with Gasteiger partial charge in [-0.15, -0.1) is 0 Å². The van der Waals surface area contributed by atoms with Crippen molar-refractivity contribution in [3.63, 3.8) is 0 Å². The van der Waals surface area contributed by atoms with E-state index in [1.165, 1.54) is 0 Å². The van der Waals surface area contributed by atoms with Crippen LogP contribution in [0.4, 0.5) is 4.79 Å². The molecule has 0 atom stereocenters. The Morgan fingerprint density at radius 2 is 1.37 bits per heavy atom. The summed E-state index contributed by atoms with van der Waals surface area (Å²) < 4.78 is 35.3. The molecule has 0 aromatic heterocycles. The summed E-state index contributed by atoms with van der Waals surface area (Å²) in [6.07, 6.45) is -0.576. The van der Waals surface area contributed by atoms with Gasteiger partial charge in [0.1, 0.15) is 11.1 Å². The lowest BCUT2D eigenvalue weighted by atomic mass is 10.0. The van der Waals surface area contributed by atoms with Crippen LogP contribution in [-0.2, 0) is 41.0 Å². The number of hydrogen-bond acceptors (Lipinski definition) is 7. The molecule has 9 heteroatoms. The molecule has 3 rings (SSSR count). The predicted molar refractivity (Wildman–Crippen MR) is 133 cm³/mol. The molecule has 0 unspecified atom stereocenters. The number of rotatable bonds is 10. The van der Waals surface area contributed by atoms with E-state index in [1.54, 1.807) is 20.8 Å². The summed E-state index contributed by atoms with van der Waals surface area (Å²) in [6.45, 7) is 10.1. The summed E-state index contributed by atoms with van der Waals surface area (Å²) >= 11 is 0. The Bertz CT molecular complexity index is 865. The van der Waals surface area contributed by atoms with E-state index in [1.807, 2.05) is 74.5 Å². The topological polar surface area (TPSA) is 84.5 Å². The van der Waals surface area contributed by atoms with Crippen LogP contribution in [0.25, 0.3) is 0 Å². The van der Waals surface area contributed by atoms with E-state index in [0.29, 0.717) is 13.2 Å². The molecule has 2 aromatic carbocycles. The number of alkyl carbamates (subject to hydrolysis) is 1. The fourth-order valence-corrected chi connectivity index (χ4v) is 4.20. The standard InChI is InChI=1S/C26H36NO7P/c1-24(2,3)34-23(28)27-26(18-29-25(4,5)30-19-26)20-33-35(31-16-21-12-8-6-9-13-21)32-17-22-14-10-7-11-15-22/h6-15H,16-20H2,1-5H3,(H,27,28). The molecule has 1 heterocycles. The van der Waals surface area contributed by atoms with Gasteiger partial charge in [-0.3, -0.25) is 0 Å². The van der Waals surface area contributed by atoms with Gasteiger partial charge in [0.15, 0.2) is 5.79 Å². The first-order chi connectivity index (χ1) is 16.5. The number of ether oxygens (including phenoxy) is 3. The molecule has 0 radical (unpaired) electrons. The van der Waals surface area contributed by atoms with E-state index in [4.69, 9.17) is 27.8 Å². The lowest BCUT2D eigenvalue weighted by Crippen LogP contribution is -2.63. The molecular formula is C26H36NO7P. The van der Waals surface area contributed by atoms with Crippen molar-refractivity contribution in [1.82, 2.24) is 5.32 Å². The molecule has 0 saturated carbocycles. The number of amides is 1. The zero-order valence-corrected chi connectivity index (χ0v) is 22.0. The first-order valence-corrected chi connectivity index (χ1v) is 12.7. The van der Waals surface area contributed by atoms with E-state index in [2.05, 4.69) is 5.32 Å². The van der Waals surface area contributed by atoms with Gasteiger partial charge in [0, 0.05) is 0 Å². The molecule has 2 aromatic rings. The highest BCUT2D eigenvalue weighted by Crippen LogP contribution is 2.43. The average molecular weight is 506 g/mol. The van der Waals surface area contributed by atoms with Gasteiger partial charge in [-0.05, 0) is 45.7 Å². The van der Waals surface area contributed by atoms with Crippen LogP contribution in [0.2, 0.25) is 0 Å². The van der Waals surface area contributed by atoms with Gasteiger partial charge in [-0.2, -0.15) is 0 Å². The largest absolute Gasteiger partial charge is 0.444 e. The summed E-state index contributed by atoms with van der Waals surface area (Å²) in [5.41, 5.74) is 0.385. The van der Waals surface area contributed by atoms with Crippen LogP contribution in [0.15, 0.2) is 60.7 Å². The quantitative estimate of drug-likeness (QED) is 0.414. The van der Waals surface area contributed by atoms with Crippen molar-refractivity contribution >= 4 is 14.7 Å². The summed E-state index contributed by atoms with van der Waals surface area (Å²) in [5.74, 6) is -0.766. The average Bonchev–Trinajstić information content (AvgIpc) is 2.80. The Morgan fingerprint density at radius 3 is 1.83 bits per heavy atom. The van der Waals surface area contributed by atoms with Crippen molar-refractivity contribution in [3.05, 3.63) is 71.8 Å². The van der Waals surface area contributed by atoms with Crippen molar-refractivity contribution < 1.29 is 32.6 Å². The lowest BCUT2D eigenvalue weighted by molar-refractivity contribution is -0.273. The van der Waals surface area contributed by atoms with Crippen molar-refractivity contribution in [2.24, 2.45) is 0 Å². The first kappa shape index (κ1) is 27.5. The van der Waals surface area contributed by atoms with Crippen molar-refractivity contribution in [2.45, 2.75) is 64.8 Å². The highest BCUT2D eigenvalue weighted by molar-refractivity contribution is 7.41. The van der Waals surface area contributed by atoms with Gasteiger partial charge >= 0.3 is 14.7 Å². The third-order valence-electron chi connectivity index (χ3n) is 4.96. The van der Waals surface area contributed by atoms with Gasteiger partial charge in [-0.25, -0.2) is 4.79 Å². The zero-order chi connectivity index (χ0) is 25.4. The van der Waals surface area contributed by atoms with Crippen LogP contribution >= 0.6 is 8.60 Å². The van der Waals surface area contributed by atoms with E-state index in [-0.39, 0.29) is 19.8 Å².